The van der Waals surface area contributed by atoms with E-state index in [0.29, 0.717) is 21.8 Å². The molecular weight excluding hydrogens is 538 g/mol. The predicted octanol–water partition coefficient (Wildman–Crippen LogP) is 5.83. The van der Waals surface area contributed by atoms with E-state index in [1.165, 1.54) is 23.5 Å². The minimum atomic E-state index is -0.427. The first-order chi connectivity index (χ1) is 19.8. The Morgan fingerprint density at radius 3 is 2.54 bits per heavy atom. The number of hydrogen-bond acceptors (Lipinski definition) is 6. The molecule has 3 aromatic heterocycles. The number of aryl methyl sites for hydroxylation is 1. The van der Waals surface area contributed by atoms with Gasteiger partial charge in [-0.3, -0.25) is 19.6 Å². The van der Waals surface area contributed by atoms with Gasteiger partial charge in [0, 0.05) is 52.3 Å². The van der Waals surface area contributed by atoms with Crippen LogP contribution in [-0.4, -0.2) is 30.2 Å². The van der Waals surface area contributed by atoms with Gasteiger partial charge >= 0.3 is 0 Å². The van der Waals surface area contributed by atoms with Gasteiger partial charge in [-0.2, -0.15) is 5.10 Å². The number of fused-ring (bicyclic) bond motifs is 1. The van der Waals surface area contributed by atoms with Gasteiger partial charge in [0.15, 0.2) is 5.69 Å². The molecule has 6 aromatic rings. The van der Waals surface area contributed by atoms with Crippen molar-refractivity contribution in [1.29, 1.82) is 0 Å². The number of nitrogens with zero attached hydrogens (tertiary/aromatic N) is 6. The molecule has 0 amide bonds. The number of non-ortho nitro benzene ring substituents is 1. The first-order valence-corrected chi connectivity index (χ1v) is 13.7. The van der Waals surface area contributed by atoms with Crippen LogP contribution in [0.4, 0.5) is 11.4 Å². The van der Waals surface area contributed by atoms with Gasteiger partial charge in [0.2, 0.25) is 4.80 Å². The van der Waals surface area contributed by atoms with Gasteiger partial charge in [-0.25, -0.2) is 14.4 Å². The molecule has 0 saturated heterocycles. The Morgan fingerprint density at radius 2 is 1.76 bits per heavy atom. The largest absolute Gasteiger partial charge is 0.358 e. The fraction of sp³-hybridized carbons (Fsp3) is 0.100. The fourth-order valence-electron chi connectivity index (χ4n) is 4.82. The molecule has 0 aliphatic heterocycles. The van der Waals surface area contributed by atoms with Crippen molar-refractivity contribution in [3.05, 3.63) is 126 Å². The Hall–Kier alpha value is -5.29. The van der Waals surface area contributed by atoms with Crippen molar-refractivity contribution in [2.75, 3.05) is 0 Å². The molecule has 3 heterocycles. The van der Waals surface area contributed by atoms with Gasteiger partial charge in [-0.05, 0) is 32.0 Å². The molecule has 0 saturated carbocycles. The summed E-state index contributed by atoms with van der Waals surface area (Å²) < 4.78 is 4.98. The zero-order chi connectivity index (χ0) is 28.7. The van der Waals surface area contributed by atoms with Crippen molar-refractivity contribution in [2.24, 2.45) is 17.1 Å². The highest BCUT2D eigenvalue weighted by Crippen LogP contribution is 2.26. The summed E-state index contributed by atoms with van der Waals surface area (Å²) in [5, 5.41) is 19.2. The molecule has 41 heavy (non-hydrogen) atoms. The number of rotatable bonds is 6. The number of nitro groups is 1. The second-order valence-electron chi connectivity index (χ2n) is 9.50. The number of hydrogen-bond donors (Lipinski definition) is 1. The molecule has 0 aliphatic carbocycles. The fourth-order valence-corrected chi connectivity index (χ4v) is 5.67. The average Bonchev–Trinajstić information content (AvgIpc) is 3.60. The number of nitrogens with one attached hydrogen (secondary N) is 1. The van der Waals surface area contributed by atoms with E-state index in [1.54, 1.807) is 32.4 Å². The third-order valence-corrected chi connectivity index (χ3v) is 7.83. The summed E-state index contributed by atoms with van der Waals surface area (Å²) in [6.07, 6.45) is 1.75. The van der Waals surface area contributed by atoms with Crippen LogP contribution in [0.3, 0.4) is 0 Å². The van der Waals surface area contributed by atoms with Gasteiger partial charge in [0.05, 0.1) is 28.2 Å². The molecule has 204 valence electrons. The monoisotopic (exact) mass is 563 g/mol. The SMILES string of the molecule is Cc1[nH]c2ccccc2c1C=Nn1c(-c2cccc([N+](=O)[O-])c2)csc1=Nc1c(C)n(C)n(-c2ccccc2)c1=O. The molecule has 0 atom stereocenters. The maximum Gasteiger partial charge on any atom is 0.297 e. The number of nitro benzene ring substituents is 1. The van der Waals surface area contributed by atoms with E-state index in [2.05, 4.69) is 4.98 Å². The summed E-state index contributed by atoms with van der Waals surface area (Å²) in [7, 11) is 1.82. The van der Waals surface area contributed by atoms with E-state index in [9.17, 15) is 14.9 Å². The lowest BCUT2D eigenvalue weighted by Crippen LogP contribution is -2.19. The number of thiazole rings is 1. The lowest BCUT2D eigenvalue weighted by molar-refractivity contribution is -0.384. The van der Waals surface area contributed by atoms with Crippen LogP contribution in [0.2, 0.25) is 0 Å². The molecule has 0 fully saturated rings. The molecule has 0 aliphatic rings. The molecule has 6 rings (SSSR count). The van der Waals surface area contributed by atoms with Crippen LogP contribution in [0.5, 0.6) is 0 Å². The minimum absolute atomic E-state index is 0.0279. The first-order valence-electron chi connectivity index (χ1n) is 12.8. The third-order valence-electron chi connectivity index (χ3n) is 7.02. The highest BCUT2D eigenvalue weighted by Gasteiger charge is 2.18. The van der Waals surface area contributed by atoms with Crippen molar-refractivity contribution >= 4 is 39.8 Å². The Balaban J connectivity index is 1.56. The quantitative estimate of drug-likeness (QED) is 0.156. The lowest BCUT2D eigenvalue weighted by Gasteiger charge is -2.07. The van der Waals surface area contributed by atoms with E-state index >= 15 is 0 Å². The summed E-state index contributed by atoms with van der Waals surface area (Å²) in [5.74, 6) is 0. The Kier molecular flexibility index (Phi) is 6.56. The number of benzene rings is 3. The van der Waals surface area contributed by atoms with Crippen LogP contribution in [0, 0.1) is 24.0 Å². The molecule has 1 N–H and O–H groups in total. The molecular formula is C30H25N7O3S. The lowest BCUT2D eigenvalue weighted by atomic mass is 10.1. The van der Waals surface area contributed by atoms with E-state index in [0.717, 1.165) is 27.8 Å². The molecule has 0 unspecified atom stereocenters. The van der Waals surface area contributed by atoms with Gasteiger partial charge in [-0.15, -0.1) is 11.3 Å². The highest BCUT2D eigenvalue weighted by molar-refractivity contribution is 7.07. The summed E-state index contributed by atoms with van der Waals surface area (Å²) >= 11 is 1.30. The number of aromatic nitrogens is 4. The second kappa shape index (κ2) is 10.4. The van der Waals surface area contributed by atoms with Crippen LogP contribution in [0.1, 0.15) is 17.0 Å². The molecule has 0 spiro atoms. The maximum absolute atomic E-state index is 13.6. The second-order valence-corrected chi connectivity index (χ2v) is 10.3. The predicted molar refractivity (Wildman–Crippen MR) is 161 cm³/mol. The molecule has 3 aromatic carbocycles. The third kappa shape index (κ3) is 4.61. The highest BCUT2D eigenvalue weighted by atomic mass is 32.1. The summed E-state index contributed by atoms with van der Waals surface area (Å²) in [6.45, 7) is 3.82. The van der Waals surface area contributed by atoms with E-state index in [-0.39, 0.29) is 16.9 Å². The zero-order valence-electron chi connectivity index (χ0n) is 22.5. The van der Waals surface area contributed by atoms with E-state index < -0.39 is 4.92 Å². The zero-order valence-corrected chi connectivity index (χ0v) is 23.3. The van der Waals surface area contributed by atoms with E-state index in [4.69, 9.17) is 10.1 Å². The molecule has 10 nitrogen and oxygen atoms in total. The maximum atomic E-state index is 13.6. The van der Waals surface area contributed by atoms with Crippen molar-refractivity contribution in [3.63, 3.8) is 0 Å². The van der Waals surface area contributed by atoms with Crippen LogP contribution in [0.25, 0.3) is 27.8 Å². The number of para-hydroxylation sites is 2. The van der Waals surface area contributed by atoms with Crippen LogP contribution < -0.4 is 10.4 Å². The number of H-pyrrole nitrogens is 1. The van der Waals surface area contributed by atoms with Gasteiger partial charge in [-0.1, -0.05) is 48.5 Å². The summed E-state index contributed by atoms with van der Waals surface area (Å²) in [4.78, 5) is 33.3. The minimum Gasteiger partial charge on any atom is -0.358 e. The smallest absolute Gasteiger partial charge is 0.297 e. The van der Waals surface area contributed by atoms with Crippen molar-refractivity contribution in [3.8, 4) is 16.9 Å². The normalized spacial score (nSPS) is 12.1. The van der Waals surface area contributed by atoms with Crippen molar-refractivity contribution in [1.82, 2.24) is 19.0 Å². The van der Waals surface area contributed by atoms with Crippen molar-refractivity contribution in [2.45, 2.75) is 13.8 Å². The van der Waals surface area contributed by atoms with Crippen molar-refractivity contribution < 1.29 is 4.92 Å². The topological polar surface area (TPSA) is 116 Å². The standard InChI is InChI=1S/C30H25N7O3S/c1-19-25(24-14-7-8-15-26(24)32-19)17-31-35-27(21-10-9-13-23(16-21)37(39)40)18-41-30(35)33-28-20(2)34(3)36(29(28)38)22-11-5-4-6-12-22/h4-18,32H,1-3H3. The summed E-state index contributed by atoms with van der Waals surface area (Å²) in [5.41, 5.74) is 5.50. The van der Waals surface area contributed by atoms with Gasteiger partial charge in [0.1, 0.15) is 0 Å². The molecule has 0 bridgehead atoms. The molecule has 0 radical (unpaired) electrons. The van der Waals surface area contributed by atoms with Crippen LogP contribution in [0.15, 0.2) is 99.1 Å². The Labute approximate surface area is 237 Å². The Morgan fingerprint density at radius 1 is 1.00 bits per heavy atom. The summed E-state index contributed by atoms with van der Waals surface area (Å²) in [6, 6.07) is 23.7. The van der Waals surface area contributed by atoms with Crippen LogP contribution in [-0.2, 0) is 7.05 Å². The van der Waals surface area contributed by atoms with E-state index in [1.807, 2.05) is 80.9 Å². The first kappa shape index (κ1) is 26.0. The number of aromatic amines is 1. The van der Waals surface area contributed by atoms with Gasteiger partial charge < -0.3 is 4.98 Å². The average molecular weight is 564 g/mol. The Bertz CT molecular complexity index is 2090. The van der Waals surface area contributed by atoms with Gasteiger partial charge in [0.25, 0.3) is 11.2 Å². The molecule has 11 heteroatoms. The van der Waals surface area contributed by atoms with Crippen LogP contribution >= 0.6 is 11.3 Å².